The fourth-order valence-corrected chi connectivity index (χ4v) is 1.85. The molecule has 0 aliphatic heterocycles. The van der Waals surface area contributed by atoms with E-state index in [-0.39, 0.29) is 5.91 Å². The number of carbonyl (C=O) groups excluding carboxylic acids is 1. The minimum atomic E-state index is 0.0160. The number of hydrogen-bond acceptors (Lipinski definition) is 3. The van der Waals surface area contributed by atoms with Crippen LogP contribution in [-0.4, -0.2) is 35.4 Å². The number of thiocarbonyl (C=S) groups is 1. The minimum absolute atomic E-state index is 0.0160. The Bertz CT molecular complexity index is 474. The van der Waals surface area contributed by atoms with E-state index in [9.17, 15) is 4.79 Å². The van der Waals surface area contributed by atoms with Crippen LogP contribution in [0.1, 0.15) is 32.3 Å². The van der Waals surface area contributed by atoms with Crippen molar-refractivity contribution in [2.24, 2.45) is 5.73 Å². The molecule has 0 radical (unpaired) electrons. The summed E-state index contributed by atoms with van der Waals surface area (Å²) < 4.78 is 0. The van der Waals surface area contributed by atoms with Crippen LogP contribution in [0.2, 0.25) is 0 Å². The van der Waals surface area contributed by atoms with Crippen molar-refractivity contribution in [3.8, 4) is 0 Å². The third-order valence-electron chi connectivity index (χ3n) is 3.23. The third kappa shape index (κ3) is 5.67. The highest BCUT2D eigenvalue weighted by Gasteiger charge is 2.06. The number of nitrogens with zero attached hydrogens (tertiary/aromatic N) is 1. The number of hydrogen-bond donors (Lipinski definition) is 2. The Hall–Kier alpha value is -1.46. The molecule has 0 unspecified atom stereocenters. The Balaban J connectivity index is 2.43. The van der Waals surface area contributed by atoms with E-state index in [0.717, 1.165) is 24.2 Å². The maximum Gasteiger partial charge on any atom is 0.224 e. The fraction of sp³-hybridized carbons (Fsp3) is 0.467. The van der Waals surface area contributed by atoms with Crippen molar-refractivity contribution in [2.45, 2.75) is 32.7 Å². The number of benzene rings is 1. The second-order valence-electron chi connectivity index (χ2n) is 5.17. The summed E-state index contributed by atoms with van der Waals surface area (Å²) >= 11 is 4.92. The summed E-state index contributed by atoms with van der Waals surface area (Å²) in [6.45, 7) is 5.20. The lowest BCUT2D eigenvalue weighted by Gasteiger charge is -2.20. The lowest BCUT2D eigenvalue weighted by atomic mass is 10.2. The summed E-state index contributed by atoms with van der Waals surface area (Å²) in [6, 6.07) is 7.78. The Kier molecular flexibility index (Phi) is 6.61. The highest BCUT2D eigenvalue weighted by atomic mass is 32.1. The molecule has 1 aromatic carbocycles. The molecule has 0 heterocycles. The summed E-state index contributed by atoms with van der Waals surface area (Å²) in [5.74, 6) is 0.0160. The van der Waals surface area contributed by atoms with E-state index in [1.807, 2.05) is 18.2 Å². The third-order valence-corrected chi connectivity index (χ3v) is 3.46. The largest absolute Gasteiger partial charge is 0.389 e. The van der Waals surface area contributed by atoms with Crippen molar-refractivity contribution in [1.29, 1.82) is 0 Å². The van der Waals surface area contributed by atoms with Gasteiger partial charge < -0.3 is 16.0 Å². The van der Waals surface area contributed by atoms with E-state index in [1.165, 1.54) is 0 Å². The predicted molar refractivity (Wildman–Crippen MR) is 88.0 cm³/mol. The molecule has 1 amide bonds. The first kappa shape index (κ1) is 16.6. The minimum Gasteiger partial charge on any atom is -0.389 e. The SMILES string of the molecule is CC(C)N(C)CCCC(=O)Nc1cccc(C(N)=S)c1. The molecular weight excluding hydrogens is 270 g/mol. The van der Waals surface area contributed by atoms with Gasteiger partial charge in [-0.15, -0.1) is 0 Å². The summed E-state index contributed by atoms with van der Waals surface area (Å²) in [6.07, 6.45) is 1.35. The molecule has 20 heavy (non-hydrogen) atoms. The van der Waals surface area contributed by atoms with Gasteiger partial charge in [-0.3, -0.25) is 4.79 Å². The summed E-state index contributed by atoms with van der Waals surface area (Å²) in [5.41, 5.74) is 7.06. The van der Waals surface area contributed by atoms with Crippen molar-refractivity contribution in [2.75, 3.05) is 18.9 Å². The number of carbonyl (C=O) groups is 1. The van der Waals surface area contributed by atoms with Crippen LogP contribution in [0.25, 0.3) is 0 Å². The quantitative estimate of drug-likeness (QED) is 0.758. The van der Waals surface area contributed by atoms with Crippen molar-refractivity contribution < 1.29 is 4.79 Å². The van der Waals surface area contributed by atoms with Gasteiger partial charge in [0.15, 0.2) is 0 Å². The standard InChI is InChI=1S/C15H23N3OS/c1-11(2)18(3)9-5-8-14(19)17-13-7-4-6-12(10-13)15(16)20/h4,6-7,10-11H,5,8-9H2,1-3H3,(H2,16,20)(H,17,19). The molecule has 5 heteroatoms. The molecule has 0 fully saturated rings. The van der Waals surface area contributed by atoms with Gasteiger partial charge in [-0.1, -0.05) is 24.4 Å². The van der Waals surface area contributed by atoms with E-state index in [1.54, 1.807) is 6.07 Å². The van der Waals surface area contributed by atoms with E-state index in [2.05, 4.69) is 31.1 Å². The molecule has 0 aliphatic rings. The van der Waals surface area contributed by atoms with Gasteiger partial charge in [-0.05, 0) is 46.0 Å². The summed E-state index contributed by atoms with van der Waals surface area (Å²) in [4.78, 5) is 14.4. The van der Waals surface area contributed by atoms with Gasteiger partial charge in [-0.25, -0.2) is 0 Å². The monoisotopic (exact) mass is 293 g/mol. The second-order valence-corrected chi connectivity index (χ2v) is 5.61. The molecule has 0 saturated carbocycles. The van der Waals surface area contributed by atoms with E-state index >= 15 is 0 Å². The topological polar surface area (TPSA) is 58.4 Å². The molecule has 4 nitrogen and oxygen atoms in total. The number of anilines is 1. The van der Waals surface area contributed by atoms with Crippen molar-refractivity contribution in [1.82, 2.24) is 4.90 Å². The molecule has 0 spiro atoms. The Labute approximate surface area is 126 Å². The van der Waals surface area contributed by atoms with Gasteiger partial charge in [0.1, 0.15) is 4.99 Å². The lowest BCUT2D eigenvalue weighted by molar-refractivity contribution is -0.116. The Morgan fingerprint density at radius 2 is 2.15 bits per heavy atom. The average Bonchev–Trinajstić information content (AvgIpc) is 2.38. The summed E-state index contributed by atoms with van der Waals surface area (Å²) in [7, 11) is 2.06. The van der Waals surface area contributed by atoms with Gasteiger partial charge in [0.2, 0.25) is 5.91 Å². The van der Waals surface area contributed by atoms with Crippen LogP contribution in [0, 0.1) is 0 Å². The normalized spacial score (nSPS) is 10.8. The van der Waals surface area contributed by atoms with Gasteiger partial charge in [0.25, 0.3) is 0 Å². The zero-order valence-electron chi connectivity index (χ0n) is 12.3. The van der Waals surface area contributed by atoms with Gasteiger partial charge >= 0.3 is 0 Å². The summed E-state index contributed by atoms with van der Waals surface area (Å²) in [5, 5.41) is 2.87. The number of nitrogens with one attached hydrogen (secondary N) is 1. The van der Waals surface area contributed by atoms with E-state index in [0.29, 0.717) is 17.5 Å². The first-order valence-corrected chi connectivity index (χ1v) is 7.21. The van der Waals surface area contributed by atoms with E-state index in [4.69, 9.17) is 18.0 Å². The zero-order valence-corrected chi connectivity index (χ0v) is 13.2. The van der Waals surface area contributed by atoms with Gasteiger partial charge in [0, 0.05) is 23.7 Å². The molecule has 1 rings (SSSR count). The Morgan fingerprint density at radius 3 is 2.75 bits per heavy atom. The molecule has 0 bridgehead atoms. The van der Waals surface area contributed by atoms with E-state index < -0.39 is 0 Å². The predicted octanol–water partition coefficient (Wildman–Crippen LogP) is 2.38. The van der Waals surface area contributed by atoms with Crippen LogP contribution in [0.15, 0.2) is 24.3 Å². The van der Waals surface area contributed by atoms with Crippen LogP contribution in [0.5, 0.6) is 0 Å². The molecule has 1 aromatic rings. The number of amides is 1. The zero-order chi connectivity index (χ0) is 15.1. The molecule has 0 aliphatic carbocycles. The second kappa shape index (κ2) is 7.97. The van der Waals surface area contributed by atoms with Crippen molar-refractivity contribution in [3.63, 3.8) is 0 Å². The molecule has 0 atom stereocenters. The Morgan fingerprint density at radius 1 is 1.45 bits per heavy atom. The molecule has 0 aromatic heterocycles. The fourth-order valence-electron chi connectivity index (χ4n) is 1.72. The van der Waals surface area contributed by atoms with Crippen LogP contribution in [0.4, 0.5) is 5.69 Å². The molecular formula is C15H23N3OS. The van der Waals surface area contributed by atoms with Gasteiger partial charge in [0.05, 0.1) is 0 Å². The van der Waals surface area contributed by atoms with Crippen LogP contribution in [-0.2, 0) is 4.79 Å². The highest BCUT2D eigenvalue weighted by molar-refractivity contribution is 7.80. The van der Waals surface area contributed by atoms with Crippen LogP contribution >= 0.6 is 12.2 Å². The van der Waals surface area contributed by atoms with Crippen molar-refractivity contribution >= 4 is 28.8 Å². The molecule has 110 valence electrons. The number of rotatable bonds is 7. The molecule has 3 N–H and O–H groups in total. The maximum atomic E-state index is 11.9. The average molecular weight is 293 g/mol. The molecule has 0 saturated heterocycles. The first-order valence-electron chi connectivity index (χ1n) is 6.80. The first-order chi connectivity index (χ1) is 9.40. The van der Waals surface area contributed by atoms with Crippen molar-refractivity contribution in [3.05, 3.63) is 29.8 Å². The lowest BCUT2D eigenvalue weighted by Crippen LogP contribution is -2.28. The maximum absolute atomic E-state index is 11.9. The number of nitrogens with two attached hydrogens (primary N) is 1. The smallest absolute Gasteiger partial charge is 0.224 e. The van der Waals surface area contributed by atoms with Gasteiger partial charge in [-0.2, -0.15) is 0 Å². The van der Waals surface area contributed by atoms with Crippen LogP contribution < -0.4 is 11.1 Å². The highest BCUT2D eigenvalue weighted by Crippen LogP contribution is 2.11. The van der Waals surface area contributed by atoms with Crippen LogP contribution in [0.3, 0.4) is 0 Å².